The fourth-order valence-electron chi connectivity index (χ4n) is 3.15. The van der Waals surface area contributed by atoms with Gasteiger partial charge in [-0.05, 0) is 61.3 Å². The quantitative estimate of drug-likeness (QED) is 0.455. The number of hydrogen-bond donors (Lipinski definition) is 1. The number of nitro groups is 1. The first-order chi connectivity index (χ1) is 13.5. The van der Waals surface area contributed by atoms with E-state index in [0.717, 1.165) is 37.5 Å². The third-order valence-electron chi connectivity index (χ3n) is 4.77. The minimum atomic E-state index is -0.456. The smallest absolute Gasteiger partial charge is 0.269 e. The van der Waals surface area contributed by atoms with E-state index < -0.39 is 4.92 Å². The van der Waals surface area contributed by atoms with Crippen LogP contribution >= 0.6 is 11.6 Å². The Kier molecular flexibility index (Phi) is 6.73. The van der Waals surface area contributed by atoms with Crippen LogP contribution in [0, 0.1) is 16.0 Å². The van der Waals surface area contributed by atoms with Gasteiger partial charge >= 0.3 is 0 Å². The lowest BCUT2D eigenvalue weighted by Gasteiger charge is -2.30. The second-order valence-electron chi connectivity index (χ2n) is 6.76. The standard InChI is InChI=1S/C20H21ClN4O3/c21-18-5-1-16(2-6-18)14-24-11-9-17(10-12-24)20(26)23-22-13-15-3-7-19(8-4-15)25(27)28/h1-8,13,17H,9-12,14H2,(H,23,26). The number of halogens is 1. The highest BCUT2D eigenvalue weighted by Crippen LogP contribution is 2.20. The molecule has 7 nitrogen and oxygen atoms in total. The van der Waals surface area contributed by atoms with Gasteiger partial charge in [-0.15, -0.1) is 0 Å². The van der Waals surface area contributed by atoms with Crippen molar-refractivity contribution in [2.75, 3.05) is 13.1 Å². The molecule has 0 bridgehead atoms. The monoisotopic (exact) mass is 400 g/mol. The van der Waals surface area contributed by atoms with E-state index in [9.17, 15) is 14.9 Å². The molecule has 1 heterocycles. The number of nitro benzene ring substituents is 1. The number of hydrazone groups is 1. The van der Waals surface area contributed by atoms with Gasteiger partial charge < -0.3 is 0 Å². The van der Waals surface area contributed by atoms with Gasteiger partial charge in [0, 0.05) is 29.6 Å². The number of carbonyl (C=O) groups excluding carboxylic acids is 1. The Morgan fingerprint density at radius 2 is 1.82 bits per heavy atom. The molecule has 0 saturated carbocycles. The molecule has 0 aliphatic carbocycles. The number of nitrogens with zero attached hydrogens (tertiary/aromatic N) is 3. The van der Waals surface area contributed by atoms with Crippen molar-refractivity contribution in [3.8, 4) is 0 Å². The lowest BCUT2D eigenvalue weighted by Crippen LogP contribution is -2.39. The number of carbonyl (C=O) groups is 1. The topological polar surface area (TPSA) is 87.8 Å². The molecule has 0 spiro atoms. The predicted octanol–water partition coefficient (Wildman–Crippen LogP) is 3.61. The molecule has 1 N–H and O–H groups in total. The maximum Gasteiger partial charge on any atom is 0.269 e. The van der Waals surface area contributed by atoms with Crippen LogP contribution in [0.3, 0.4) is 0 Å². The highest BCUT2D eigenvalue weighted by atomic mass is 35.5. The minimum absolute atomic E-state index is 0.0199. The van der Waals surface area contributed by atoms with Gasteiger partial charge in [0.15, 0.2) is 0 Å². The van der Waals surface area contributed by atoms with Gasteiger partial charge in [-0.25, -0.2) is 5.43 Å². The molecule has 0 unspecified atom stereocenters. The summed E-state index contributed by atoms with van der Waals surface area (Å²) in [6, 6.07) is 13.8. The number of hydrogen-bond acceptors (Lipinski definition) is 5. The van der Waals surface area contributed by atoms with Crippen LogP contribution in [0.2, 0.25) is 5.02 Å². The van der Waals surface area contributed by atoms with Gasteiger partial charge in [0.2, 0.25) is 5.91 Å². The van der Waals surface area contributed by atoms with E-state index in [2.05, 4.69) is 15.4 Å². The number of amides is 1. The zero-order valence-corrected chi connectivity index (χ0v) is 16.0. The van der Waals surface area contributed by atoms with Crippen LogP contribution in [0.1, 0.15) is 24.0 Å². The Labute approximate surface area is 168 Å². The number of non-ortho nitro benzene ring substituents is 1. The van der Waals surface area contributed by atoms with Crippen molar-refractivity contribution in [1.82, 2.24) is 10.3 Å². The molecule has 0 atom stereocenters. The largest absolute Gasteiger partial charge is 0.299 e. The van der Waals surface area contributed by atoms with E-state index >= 15 is 0 Å². The molecule has 28 heavy (non-hydrogen) atoms. The van der Waals surface area contributed by atoms with Crippen LogP contribution in [0.5, 0.6) is 0 Å². The number of rotatable bonds is 6. The van der Waals surface area contributed by atoms with E-state index in [-0.39, 0.29) is 17.5 Å². The number of nitrogens with one attached hydrogen (secondary N) is 1. The van der Waals surface area contributed by atoms with Crippen LogP contribution in [-0.2, 0) is 11.3 Å². The number of piperidine rings is 1. The van der Waals surface area contributed by atoms with E-state index in [1.54, 1.807) is 12.1 Å². The van der Waals surface area contributed by atoms with E-state index in [0.29, 0.717) is 5.56 Å². The molecule has 2 aromatic rings. The zero-order chi connectivity index (χ0) is 19.9. The average Bonchev–Trinajstić information content (AvgIpc) is 2.70. The van der Waals surface area contributed by atoms with Crippen molar-refractivity contribution in [2.45, 2.75) is 19.4 Å². The van der Waals surface area contributed by atoms with Crippen molar-refractivity contribution in [3.63, 3.8) is 0 Å². The number of benzene rings is 2. The van der Waals surface area contributed by atoms with Crippen LogP contribution in [-0.4, -0.2) is 35.0 Å². The summed E-state index contributed by atoms with van der Waals surface area (Å²) < 4.78 is 0. The summed E-state index contributed by atoms with van der Waals surface area (Å²) in [6.45, 7) is 2.56. The van der Waals surface area contributed by atoms with Crippen LogP contribution in [0.25, 0.3) is 0 Å². The second-order valence-corrected chi connectivity index (χ2v) is 7.20. The molecule has 0 aromatic heterocycles. The molecule has 8 heteroatoms. The summed E-state index contributed by atoms with van der Waals surface area (Å²) in [5.41, 5.74) is 4.48. The van der Waals surface area contributed by atoms with Crippen molar-refractivity contribution < 1.29 is 9.72 Å². The third kappa shape index (κ3) is 5.61. The van der Waals surface area contributed by atoms with Gasteiger partial charge in [0.25, 0.3) is 5.69 Å². The Bertz CT molecular complexity index is 845. The van der Waals surface area contributed by atoms with Crippen LogP contribution in [0.15, 0.2) is 53.6 Å². The Balaban J connectivity index is 1.43. The van der Waals surface area contributed by atoms with Gasteiger partial charge in [-0.1, -0.05) is 23.7 Å². The summed E-state index contributed by atoms with van der Waals surface area (Å²) in [7, 11) is 0. The fourth-order valence-corrected chi connectivity index (χ4v) is 3.27. The predicted molar refractivity (Wildman–Crippen MR) is 108 cm³/mol. The number of likely N-dealkylation sites (tertiary alicyclic amines) is 1. The summed E-state index contributed by atoms with van der Waals surface area (Å²) >= 11 is 5.91. The van der Waals surface area contributed by atoms with Crippen LogP contribution < -0.4 is 5.43 Å². The molecule has 1 aliphatic rings. The maximum absolute atomic E-state index is 12.3. The Morgan fingerprint density at radius 3 is 2.43 bits per heavy atom. The average molecular weight is 401 g/mol. The van der Waals surface area contributed by atoms with E-state index in [4.69, 9.17) is 11.6 Å². The molecule has 0 radical (unpaired) electrons. The summed E-state index contributed by atoms with van der Waals surface area (Å²) in [5.74, 6) is -0.153. The van der Waals surface area contributed by atoms with Gasteiger partial charge in [0.1, 0.15) is 0 Å². The SMILES string of the molecule is O=C(NN=Cc1ccc([N+](=O)[O-])cc1)C1CCN(Cc2ccc(Cl)cc2)CC1. The van der Waals surface area contributed by atoms with Gasteiger partial charge in [-0.3, -0.25) is 19.8 Å². The third-order valence-corrected chi connectivity index (χ3v) is 5.02. The summed E-state index contributed by atoms with van der Waals surface area (Å²) in [4.78, 5) is 24.8. The van der Waals surface area contributed by atoms with Crippen LogP contribution in [0.4, 0.5) is 5.69 Å². The van der Waals surface area contributed by atoms with Gasteiger partial charge in [-0.2, -0.15) is 5.10 Å². The minimum Gasteiger partial charge on any atom is -0.299 e. The lowest BCUT2D eigenvalue weighted by molar-refractivity contribution is -0.384. The first kappa shape index (κ1) is 20.0. The second kappa shape index (κ2) is 9.43. The normalized spacial score (nSPS) is 15.6. The first-order valence-corrected chi connectivity index (χ1v) is 9.43. The van der Waals surface area contributed by atoms with Crippen molar-refractivity contribution in [3.05, 3.63) is 74.8 Å². The highest BCUT2D eigenvalue weighted by Gasteiger charge is 2.24. The molecular weight excluding hydrogens is 380 g/mol. The molecule has 1 aliphatic heterocycles. The Morgan fingerprint density at radius 1 is 1.18 bits per heavy atom. The van der Waals surface area contributed by atoms with E-state index in [1.165, 1.54) is 23.9 Å². The maximum atomic E-state index is 12.3. The molecule has 3 rings (SSSR count). The molecule has 1 amide bonds. The lowest BCUT2D eigenvalue weighted by atomic mass is 9.96. The summed E-state index contributed by atoms with van der Waals surface area (Å²) in [5, 5.41) is 15.3. The zero-order valence-electron chi connectivity index (χ0n) is 15.3. The molecule has 1 fully saturated rings. The van der Waals surface area contributed by atoms with Gasteiger partial charge in [0.05, 0.1) is 11.1 Å². The molecule has 1 saturated heterocycles. The first-order valence-electron chi connectivity index (χ1n) is 9.05. The molecule has 2 aromatic carbocycles. The van der Waals surface area contributed by atoms with Crippen molar-refractivity contribution in [2.24, 2.45) is 11.0 Å². The van der Waals surface area contributed by atoms with Crippen molar-refractivity contribution >= 4 is 29.4 Å². The molecule has 146 valence electrons. The fraction of sp³-hybridized carbons (Fsp3) is 0.300. The Hall–Kier alpha value is -2.77. The molecular formula is C20H21ClN4O3. The highest BCUT2D eigenvalue weighted by molar-refractivity contribution is 6.30. The van der Waals surface area contributed by atoms with E-state index in [1.807, 2.05) is 24.3 Å². The summed E-state index contributed by atoms with van der Waals surface area (Å²) in [6.07, 6.45) is 3.05. The van der Waals surface area contributed by atoms with Crippen molar-refractivity contribution in [1.29, 1.82) is 0 Å².